The van der Waals surface area contributed by atoms with E-state index in [1.807, 2.05) is 0 Å². The second kappa shape index (κ2) is 13.5. The predicted molar refractivity (Wildman–Crippen MR) is 236 cm³/mol. The van der Waals surface area contributed by atoms with E-state index >= 15 is 0 Å². The molecule has 0 atom stereocenters. The van der Waals surface area contributed by atoms with Crippen molar-refractivity contribution in [1.82, 2.24) is 19.1 Å². The van der Waals surface area contributed by atoms with E-state index < -0.39 is 10.0 Å². The molecule has 3 heterocycles. The maximum Gasteiger partial charge on any atom is 0.163 e. The number of hydrogen-bond acceptors (Lipinski definition) is 2. The SMILES string of the molecule is c1ccc(S(c2ccccc2)(c2ccccc2)c2ccc(-c3nc(-n4c5ccccc5c5ccccc54)cc(-n4c5ccccc5c5ccccc54)n3)cc2)cc1. The zero-order valence-corrected chi connectivity index (χ0v) is 31.8. The highest BCUT2D eigenvalue weighted by molar-refractivity contribution is 8.34. The van der Waals surface area contributed by atoms with E-state index in [1.54, 1.807) is 0 Å². The van der Waals surface area contributed by atoms with E-state index in [1.165, 1.54) is 41.1 Å². The molecule has 8 aromatic carbocycles. The van der Waals surface area contributed by atoms with Crippen LogP contribution in [0.5, 0.6) is 0 Å². The van der Waals surface area contributed by atoms with Gasteiger partial charge in [-0.1, -0.05) is 140 Å². The normalized spacial score (nSPS) is 12.1. The van der Waals surface area contributed by atoms with Gasteiger partial charge in [0.05, 0.1) is 22.1 Å². The number of hydrogen-bond donors (Lipinski definition) is 0. The van der Waals surface area contributed by atoms with Crippen molar-refractivity contribution in [3.63, 3.8) is 0 Å². The molecule has 0 saturated carbocycles. The maximum absolute atomic E-state index is 5.43. The summed E-state index contributed by atoms with van der Waals surface area (Å²) in [5.41, 5.74) is 5.37. The summed E-state index contributed by atoms with van der Waals surface area (Å²) in [5.74, 6) is 2.30. The first-order valence-electron chi connectivity index (χ1n) is 19.2. The Balaban J connectivity index is 1.17. The van der Waals surface area contributed by atoms with Crippen LogP contribution in [0.4, 0.5) is 0 Å². The summed E-state index contributed by atoms with van der Waals surface area (Å²) in [5, 5.41) is 4.77. The Kier molecular flexibility index (Phi) is 7.86. The molecule has 11 aromatic rings. The highest BCUT2D eigenvalue weighted by atomic mass is 32.3. The zero-order chi connectivity index (χ0) is 37.8. The predicted octanol–water partition coefficient (Wildman–Crippen LogP) is 13.7. The molecule has 0 amide bonds. The number of benzene rings is 8. The number of nitrogens with zero attached hydrogens (tertiary/aromatic N) is 4. The first-order valence-corrected chi connectivity index (χ1v) is 20.9. The summed E-state index contributed by atoms with van der Waals surface area (Å²) in [4.78, 5) is 16.0. The van der Waals surface area contributed by atoms with Gasteiger partial charge in [-0.05, 0) is 72.8 Å². The van der Waals surface area contributed by atoms with Crippen molar-refractivity contribution in [2.24, 2.45) is 0 Å². The Labute approximate surface area is 332 Å². The minimum Gasteiger partial charge on any atom is -0.294 e. The van der Waals surface area contributed by atoms with Crippen LogP contribution in [0.15, 0.2) is 238 Å². The number of rotatable bonds is 7. The molecule has 270 valence electrons. The summed E-state index contributed by atoms with van der Waals surface area (Å²) < 4.78 is 4.58. The average Bonchev–Trinajstić information content (AvgIpc) is 3.81. The fraction of sp³-hybridized carbons (Fsp3) is 0. The summed E-state index contributed by atoms with van der Waals surface area (Å²) >= 11 is 0. The summed E-state index contributed by atoms with van der Waals surface area (Å²) in [6.45, 7) is 0. The summed E-state index contributed by atoms with van der Waals surface area (Å²) in [6, 6.07) is 78.5. The molecule has 0 unspecified atom stereocenters. The summed E-state index contributed by atoms with van der Waals surface area (Å²) in [6.07, 6.45) is 0. The molecule has 0 saturated heterocycles. The molecule has 0 radical (unpaired) electrons. The lowest BCUT2D eigenvalue weighted by Crippen LogP contribution is -2.07. The van der Waals surface area contributed by atoms with Crippen LogP contribution in [0, 0.1) is 0 Å². The van der Waals surface area contributed by atoms with Crippen molar-refractivity contribution < 1.29 is 0 Å². The third-order valence-corrected chi connectivity index (χ3v) is 15.0. The Hall–Kier alpha value is -7.21. The van der Waals surface area contributed by atoms with Crippen LogP contribution >= 0.6 is 10.0 Å². The van der Waals surface area contributed by atoms with E-state index in [9.17, 15) is 0 Å². The van der Waals surface area contributed by atoms with Gasteiger partial charge in [0.25, 0.3) is 0 Å². The van der Waals surface area contributed by atoms with E-state index in [-0.39, 0.29) is 0 Å². The van der Waals surface area contributed by atoms with Crippen LogP contribution in [0.25, 0.3) is 66.6 Å². The van der Waals surface area contributed by atoms with Crippen molar-refractivity contribution in [1.29, 1.82) is 0 Å². The van der Waals surface area contributed by atoms with Crippen LogP contribution in [-0.4, -0.2) is 19.1 Å². The van der Waals surface area contributed by atoms with Crippen LogP contribution in [0.1, 0.15) is 0 Å². The first-order chi connectivity index (χ1) is 28.3. The van der Waals surface area contributed by atoms with Crippen molar-refractivity contribution >= 4 is 53.6 Å². The maximum atomic E-state index is 5.43. The highest BCUT2D eigenvalue weighted by Crippen LogP contribution is 2.73. The topological polar surface area (TPSA) is 35.6 Å². The van der Waals surface area contributed by atoms with Gasteiger partial charge in [0.2, 0.25) is 0 Å². The second-order valence-electron chi connectivity index (χ2n) is 14.2. The van der Waals surface area contributed by atoms with Crippen molar-refractivity contribution in [3.8, 4) is 23.0 Å². The molecule has 11 rings (SSSR count). The molecule has 0 spiro atoms. The van der Waals surface area contributed by atoms with E-state index in [4.69, 9.17) is 9.97 Å². The van der Waals surface area contributed by atoms with Gasteiger partial charge < -0.3 is 0 Å². The van der Waals surface area contributed by atoms with Crippen molar-refractivity contribution in [2.45, 2.75) is 19.6 Å². The van der Waals surface area contributed by atoms with Crippen LogP contribution in [0.2, 0.25) is 0 Å². The standard InChI is InChI=1S/C52H36N4S/c1-4-18-38(19-5-1)57(39-20-6-2-7-21-39,40-22-8-3-9-23-40)41-34-32-37(33-35-41)52-53-50(55-46-28-14-10-24-42(46)43-25-11-15-29-47(43)55)36-51(54-52)56-48-30-16-12-26-44(48)45-27-13-17-31-49(45)56/h1-36H. The fourth-order valence-electron chi connectivity index (χ4n) is 8.62. The molecule has 0 aliphatic carbocycles. The fourth-order valence-corrected chi connectivity index (χ4v) is 12.5. The van der Waals surface area contributed by atoms with Gasteiger partial charge in [0, 0.05) is 52.8 Å². The molecular formula is C52H36N4S. The third-order valence-electron chi connectivity index (χ3n) is 11.1. The number of aromatic nitrogens is 4. The van der Waals surface area contributed by atoms with E-state index in [0.29, 0.717) is 5.82 Å². The van der Waals surface area contributed by atoms with Gasteiger partial charge >= 0.3 is 0 Å². The second-order valence-corrected chi connectivity index (χ2v) is 17.3. The largest absolute Gasteiger partial charge is 0.294 e. The molecular weight excluding hydrogens is 713 g/mol. The number of fused-ring (bicyclic) bond motifs is 6. The lowest BCUT2D eigenvalue weighted by Gasteiger charge is -2.42. The number of para-hydroxylation sites is 4. The molecule has 57 heavy (non-hydrogen) atoms. The first kappa shape index (κ1) is 33.2. The van der Waals surface area contributed by atoms with Crippen LogP contribution in [0.3, 0.4) is 0 Å². The Morgan fingerprint density at radius 2 is 0.596 bits per heavy atom. The molecule has 0 bridgehead atoms. The van der Waals surface area contributed by atoms with Crippen LogP contribution < -0.4 is 0 Å². The highest BCUT2D eigenvalue weighted by Gasteiger charge is 2.33. The average molecular weight is 749 g/mol. The molecule has 0 N–H and O–H groups in total. The minimum absolute atomic E-state index is 0.664. The Morgan fingerprint density at radius 3 is 0.947 bits per heavy atom. The Bertz CT molecular complexity index is 2890. The smallest absolute Gasteiger partial charge is 0.163 e. The minimum atomic E-state index is -1.84. The van der Waals surface area contributed by atoms with Gasteiger partial charge in [0.15, 0.2) is 5.82 Å². The summed E-state index contributed by atoms with van der Waals surface area (Å²) in [7, 11) is -1.84. The van der Waals surface area contributed by atoms with Crippen molar-refractivity contribution in [3.05, 3.63) is 218 Å². The molecule has 0 aliphatic rings. The van der Waals surface area contributed by atoms with Crippen molar-refractivity contribution in [2.75, 3.05) is 0 Å². The van der Waals surface area contributed by atoms with Gasteiger partial charge in [-0.25, -0.2) is 9.97 Å². The van der Waals surface area contributed by atoms with Gasteiger partial charge in [-0.15, -0.1) is 10.0 Å². The van der Waals surface area contributed by atoms with E-state index in [0.717, 1.165) is 39.3 Å². The monoisotopic (exact) mass is 748 g/mol. The van der Waals surface area contributed by atoms with Gasteiger partial charge in [0.1, 0.15) is 11.6 Å². The zero-order valence-electron chi connectivity index (χ0n) is 31.0. The molecule has 0 aliphatic heterocycles. The molecule has 5 heteroatoms. The lowest BCUT2D eigenvalue weighted by atomic mass is 10.2. The quantitative estimate of drug-likeness (QED) is 0.163. The molecule has 4 nitrogen and oxygen atoms in total. The van der Waals surface area contributed by atoms with Crippen LogP contribution in [-0.2, 0) is 0 Å². The lowest BCUT2D eigenvalue weighted by molar-refractivity contribution is 0.993. The van der Waals surface area contributed by atoms with Gasteiger partial charge in [-0.2, -0.15) is 0 Å². The van der Waals surface area contributed by atoms with Gasteiger partial charge in [-0.3, -0.25) is 9.13 Å². The Morgan fingerprint density at radius 1 is 0.298 bits per heavy atom. The van der Waals surface area contributed by atoms with E-state index in [2.05, 4.69) is 228 Å². The molecule has 0 fully saturated rings. The third kappa shape index (κ3) is 5.24. The molecule has 3 aromatic heterocycles.